The molecule has 1 aliphatic rings. The van der Waals surface area contributed by atoms with Crippen molar-refractivity contribution < 1.29 is 0 Å². The van der Waals surface area contributed by atoms with Crippen molar-refractivity contribution in [2.75, 3.05) is 31.1 Å². The second-order valence-electron chi connectivity index (χ2n) is 5.74. The molecule has 124 valence electrons. The van der Waals surface area contributed by atoms with Gasteiger partial charge < -0.3 is 4.90 Å². The lowest BCUT2D eigenvalue weighted by Gasteiger charge is -2.35. The van der Waals surface area contributed by atoms with Crippen LogP contribution >= 0.6 is 27.3 Å². The van der Waals surface area contributed by atoms with Crippen LogP contribution in [0, 0.1) is 0 Å². The van der Waals surface area contributed by atoms with Crippen LogP contribution in [0.25, 0.3) is 4.96 Å². The SMILES string of the molecule is O=c1cc(CN2CCN(c3ccc(Br)cn3)CC2)nc2sccn12. The molecule has 8 heteroatoms. The molecule has 0 radical (unpaired) electrons. The number of piperazine rings is 1. The lowest BCUT2D eigenvalue weighted by atomic mass is 10.2. The number of pyridine rings is 1. The molecule has 0 bridgehead atoms. The smallest absolute Gasteiger partial charge is 0.258 e. The largest absolute Gasteiger partial charge is 0.354 e. The minimum atomic E-state index is -0.00560. The lowest BCUT2D eigenvalue weighted by Crippen LogP contribution is -2.46. The zero-order valence-electron chi connectivity index (χ0n) is 12.9. The van der Waals surface area contributed by atoms with Gasteiger partial charge in [0.1, 0.15) is 5.82 Å². The number of hydrogen-bond acceptors (Lipinski definition) is 6. The molecule has 1 saturated heterocycles. The number of aromatic nitrogens is 3. The van der Waals surface area contributed by atoms with Gasteiger partial charge in [-0.1, -0.05) is 0 Å². The van der Waals surface area contributed by atoms with Gasteiger partial charge in [0.05, 0.1) is 5.69 Å². The molecule has 0 aromatic carbocycles. The molecule has 4 heterocycles. The zero-order valence-corrected chi connectivity index (χ0v) is 15.3. The van der Waals surface area contributed by atoms with Crippen molar-refractivity contribution in [3.8, 4) is 0 Å². The minimum Gasteiger partial charge on any atom is -0.354 e. The number of anilines is 1. The van der Waals surface area contributed by atoms with Crippen LogP contribution in [-0.4, -0.2) is 45.4 Å². The van der Waals surface area contributed by atoms with Crippen LogP contribution in [0.15, 0.2) is 45.2 Å². The fraction of sp³-hybridized carbons (Fsp3) is 0.312. The molecule has 1 fully saturated rings. The molecule has 0 saturated carbocycles. The quantitative estimate of drug-likeness (QED) is 0.668. The van der Waals surface area contributed by atoms with Crippen LogP contribution in [0.2, 0.25) is 0 Å². The summed E-state index contributed by atoms with van der Waals surface area (Å²) in [5.41, 5.74) is 0.839. The van der Waals surface area contributed by atoms with E-state index in [1.807, 2.05) is 23.7 Å². The van der Waals surface area contributed by atoms with E-state index in [1.165, 1.54) is 11.3 Å². The van der Waals surface area contributed by atoms with E-state index >= 15 is 0 Å². The summed E-state index contributed by atoms with van der Waals surface area (Å²) in [6.45, 7) is 4.43. The molecular formula is C16H16BrN5OS. The summed E-state index contributed by atoms with van der Waals surface area (Å²) < 4.78 is 2.58. The number of hydrogen-bond donors (Lipinski definition) is 0. The number of halogens is 1. The Hall–Kier alpha value is -1.77. The van der Waals surface area contributed by atoms with Gasteiger partial charge in [-0.25, -0.2) is 9.97 Å². The summed E-state index contributed by atoms with van der Waals surface area (Å²) in [4.78, 5) is 26.5. The molecule has 1 aliphatic heterocycles. The Morgan fingerprint density at radius 1 is 1.21 bits per heavy atom. The number of nitrogens with zero attached hydrogens (tertiary/aromatic N) is 5. The third-order valence-electron chi connectivity index (χ3n) is 4.15. The van der Waals surface area contributed by atoms with Crippen LogP contribution < -0.4 is 10.5 Å². The number of thiazole rings is 1. The summed E-state index contributed by atoms with van der Waals surface area (Å²) in [5.74, 6) is 1.01. The van der Waals surface area contributed by atoms with Gasteiger partial charge in [-0.3, -0.25) is 14.1 Å². The van der Waals surface area contributed by atoms with E-state index in [4.69, 9.17) is 0 Å². The van der Waals surface area contributed by atoms with Gasteiger partial charge in [-0.05, 0) is 28.1 Å². The van der Waals surface area contributed by atoms with Crippen LogP contribution in [-0.2, 0) is 6.54 Å². The molecule has 0 spiro atoms. The monoisotopic (exact) mass is 405 g/mol. The maximum absolute atomic E-state index is 12.1. The predicted octanol–water partition coefficient (Wildman–Crippen LogP) is 2.24. The zero-order chi connectivity index (χ0) is 16.5. The van der Waals surface area contributed by atoms with E-state index in [1.54, 1.807) is 16.7 Å². The van der Waals surface area contributed by atoms with Crippen molar-refractivity contribution in [2.24, 2.45) is 0 Å². The third-order valence-corrected chi connectivity index (χ3v) is 5.38. The Balaban J connectivity index is 1.42. The second-order valence-corrected chi connectivity index (χ2v) is 7.53. The Morgan fingerprint density at radius 3 is 2.79 bits per heavy atom. The molecule has 0 atom stereocenters. The highest BCUT2D eigenvalue weighted by molar-refractivity contribution is 9.10. The van der Waals surface area contributed by atoms with E-state index in [-0.39, 0.29) is 5.56 Å². The highest BCUT2D eigenvalue weighted by Crippen LogP contribution is 2.17. The molecule has 24 heavy (non-hydrogen) atoms. The van der Waals surface area contributed by atoms with Crippen molar-refractivity contribution in [3.05, 3.63) is 56.5 Å². The van der Waals surface area contributed by atoms with E-state index in [2.05, 4.69) is 35.7 Å². The summed E-state index contributed by atoms with van der Waals surface area (Å²) in [7, 11) is 0. The van der Waals surface area contributed by atoms with Gasteiger partial charge in [-0.15, -0.1) is 11.3 Å². The Labute approximate surface area is 151 Å². The van der Waals surface area contributed by atoms with Crippen molar-refractivity contribution in [2.45, 2.75) is 6.54 Å². The van der Waals surface area contributed by atoms with Crippen molar-refractivity contribution in [1.29, 1.82) is 0 Å². The first-order chi connectivity index (χ1) is 11.7. The van der Waals surface area contributed by atoms with Gasteiger partial charge in [-0.2, -0.15) is 0 Å². The standard InChI is InChI=1S/C16H16BrN5OS/c17-12-1-2-14(18-10-12)21-5-3-20(4-6-21)11-13-9-15(23)22-7-8-24-16(22)19-13/h1-2,7-10H,3-6,11H2. The van der Waals surface area contributed by atoms with E-state index in [0.29, 0.717) is 6.54 Å². The molecular weight excluding hydrogens is 390 g/mol. The average molecular weight is 406 g/mol. The maximum Gasteiger partial charge on any atom is 0.258 e. The first-order valence-electron chi connectivity index (χ1n) is 7.74. The second kappa shape index (κ2) is 6.62. The van der Waals surface area contributed by atoms with Gasteiger partial charge in [0, 0.05) is 61.0 Å². The van der Waals surface area contributed by atoms with E-state index in [9.17, 15) is 4.79 Å². The maximum atomic E-state index is 12.1. The minimum absolute atomic E-state index is 0.00560. The molecule has 0 amide bonds. The summed E-state index contributed by atoms with van der Waals surface area (Å²) in [6, 6.07) is 5.69. The fourth-order valence-corrected chi connectivity index (χ4v) is 3.86. The van der Waals surface area contributed by atoms with Gasteiger partial charge in [0.25, 0.3) is 5.56 Å². The van der Waals surface area contributed by atoms with Gasteiger partial charge in [0.2, 0.25) is 0 Å². The van der Waals surface area contributed by atoms with Crippen molar-refractivity contribution >= 4 is 38.0 Å². The highest BCUT2D eigenvalue weighted by atomic mass is 79.9. The predicted molar refractivity (Wildman–Crippen MR) is 98.8 cm³/mol. The van der Waals surface area contributed by atoms with E-state index in [0.717, 1.165) is 47.1 Å². The van der Waals surface area contributed by atoms with Gasteiger partial charge in [0.15, 0.2) is 4.96 Å². The van der Waals surface area contributed by atoms with Crippen LogP contribution in [0.3, 0.4) is 0 Å². The topological polar surface area (TPSA) is 53.7 Å². The fourth-order valence-electron chi connectivity index (χ4n) is 2.89. The molecule has 3 aromatic rings. The van der Waals surface area contributed by atoms with Gasteiger partial charge >= 0.3 is 0 Å². The molecule has 4 rings (SSSR count). The lowest BCUT2D eigenvalue weighted by molar-refractivity contribution is 0.246. The number of fused-ring (bicyclic) bond motifs is 1. The Morgan fingerprint density at radius 2 is 2.04 bits per heavy atom. The molecule has 6 nitrogen and oxygen atoms in total. The first-order valence-corrected chi connectivity index (χ1v) is 9.41. The molecule has 0 aliphatic carbocycles. The van der Waals surface area contributed by atoms with Crippen molar-refractivity contribution in [1.82, 2.24) is 19.3 Å². The van der Waals surface area contributed by atoms with Crippen LogP contribution in [0.4, 0.5) is 5.82 Å². The highest BCUT2D eigenvalue weighted by Gasteiger charge is 2.19. The Kier molecular flexibility index (Phi) is 4.34. The third kappa shape index (κ3) is 3.22. The molecule has 3 aromatic heterocycles. The van der Waals surface area contributed by atoms with E-state index < -0.39 is 0 Å². The summed E-state index contributed by atoms with van der Waals surface area (Å²) >= 11 is 4.90. The average Bonchev–Trinajstić information content (AvgIpc) is 3.05. The summed E-state index contributed by atoms with van der Waals surface area (Å²) in [5, 5.41) is 1.89. The van der Waals surface area contributed by atoms with Crippen LogP contribution in [0.5, 0.6) is 0 Å². The normalized spacial score (nSPS) is 16.0. The summed E-state index contributed by atoms with van der Waals surface area (Å²) in [6.07, 6.45) is 3.60. The van der Waals surface area contributed by atoms with Crippen molar-refractivity contribution in [3.63, 3.8) is 0 Å². The first kappa shape index (κ1) is 15.7. The Bertz CT molecular complexity index is 899. The molecule has 0 unspecified atom stereocenters. The number of rotatable bonds is 3. The molecule has 0 N–H and O–H groups in total. The van der Waals surface area contributed by atoms with Crippen LogP contribution in [0.1, 0.15) is 5.69 Å².